The van der Waals surface area contributed by atoms with Crippen LogP contribution in [-0.4, -0.2) is 18.2 Å². The van der Waals surface area contributed by atoms with E-state index >= 15 is 0 Å². The van der Waals surface area contributed by atoms with E-state index in [4.69, 9.17) is 10.5 Å². The van der Waals surface area contributed by atoms with Crippen molar-refractivity contribution in [2.75, 3.05) is 16.9 Å². The van der Waals surface area contributed by atoms with E-state index in [9.17, 15) is 4.79 Å². The Morgan fingerprint density at radius 1 is 1.30 bits per heavy atom. The molecular weight excluding hydrogens is 290 g/mol. The number of anilines is 2. The molecule has 0 unspecified atom stereocenters. The number of aryl methyl sites for hydroxylation is 1. The number of amides is 1. The summed E-state index contributed by atoms with van der Waals surface area (Å²) in [5.41, 5.74) is 4.73. The van der Waals surface area contributed by atoms with E-state index in [1.54, 1.807) is 18.2 Å². The van der Waals surface area contributed by atoms with Gasteiger partial charge in [-0.2, -0.15) is 15.6 Å². The maximum atomic E-state index is 12.6. The predicted octanol–water partition coefficient (Wildman–Crippen LogP) is 2.83. The van der Waals surface area contributed by atoms with Gasteiger partial charge in [0.1, 0.15) is 12.1 Å². The molecule has 1 aromatic carbocycles. The number of carbonyl (C=O) groups is 1. The Bertz CT molecular complexity index is 715. The first-order chi connectivity index (χ1) is 10.9. The number of benzene rings is 1. The second kappa shape index (κ2) is 6.50. The molecule has 0 saturated heterocycles. The number of fused-ring (bicyclic) bond motifs is 1. The first kappa shape index (κ1) is 16.5. The highest BCUT2D eigenvalue weighted by Gasteiger charge is 2.30. The molecule has 0 radical (unpaired) electrons. The lowest BCUT2D eigenvalue weighted by Crippen LogP contribution is -2.42. The van der Waals surface area contributed by atoms with E-state index < -0.39 is 5.41 Å². The number of rotatable bonds is 2. The highest BCUT2D eigenvalue weighted by atomic mass is 16.2. The van der Waals surface area contributed by atoms with Gasteiger partial charge in [0.15, 0.2) is 0 Å². The first-order valence-electron chi connectivity index (χ1n) is 7.45. The largest absolute Gasteiger partial charge is 0.312 e. The first-order valence-corrected chi connectivity index (χ1v) is 7.45. The van der Waals surface area contributed by atoms with Crippen LogP contribution in [0.15, 0.2) is 23.3 Å². The Morgan fingerprint density at radius 3 is 2.61 bits per heavy atom. The zero-order valence-electron chi connectivity index (χ0n) is 13.6. The molecule has 1 heterocycles. The molecule has 6 nitrogen and oxygen atoms in total. The van der Waals surface area contributed by atoms with Gasteiger partial charge in [-0.3, -0.25) is 10.2 Å². The van der Waals surface area contributed by atoms with Crippen molar-refractivity contribution in [1.29, 1.82) is 10.5 Å². The second-order valence-electron chi connectivity index (χ2n) is 6.45. The van der Waals surface area contributed by atoms with E-state index in [1.807, 2.05) is 37.8 Å². The van der Waals surface area contributed by atoms with Crippen molar-refractivity contribution in [3.05, 3.63) is 23.8 Å². The molecule has 0 fully saturated rings. The molecule has 1 aliphatic rings. The summed E-state index contributed by atoms with van der Waals surface area (Å²) < 4.78 is 0. The van der Waals surface area contributed by atoms with Crippen LogP contribution in [0.1, 0.15) is 32.8 Å². The maximum absolute atomic E-state index is 12.6. The van der Waals surface area contributed by atoms with Crippen LogP contribution < -0.4 is 10.3 Å². The lowest BCUT2D eigenvalue weighted by molar-refractivity contribution is -0.125. The lowest BCUT2D eigenvalue weighted by atomic mass is 9.92. The molecule has 0 atom stereocenters. The van der Waals surface area contributed by atoms with Crippen LogP contribution in [-0.2, 0) is 11.2 Å². The highest BCUT2D eigenvalue weighted by molar-refractivity contribution is 6.10. The van der Waals surface area contributed by atoms with Crippen LogP contribution in [0.3, 0.4) is 0 Å². The maximum Gasteiger partial charge on any atom is 0.237 e. The van der Waals surface area contributed by atoms with Crippen molar-refractivity contribution in [2.24, 2.45) is 10.5 Å². The molecule has 1 aliphatic heterocycles. The molecule has 0 saturated carbocycles. The van der Waals surface area contributed by atoms with Crippen LogP contribution in [0.25, 0.3) is 0 Å². The lowest BCUT2D eigenvalue weighted by Gasteiger charge is -2.34. The summed E-state index contributed by atoms with van der Waals surface area (Å²) in [6.07, 6.45) is 1.79. The zero-order valence-corrected chi connectivity index (χ0v) is 13.6. The molecule has 1 aromatic rings. The molecule has 2 rings (SSSR count). The minimum absolute atomic E-state index is 0.105. The van der Waals surface area contributed by atoms with E-state index in [1.165, 1.54) is 0 Å². The Labute approximate surface area is 136 Å². The number of nitriles is 2. The van der Waals surface area contributed by atoms with Crippen LogP contribution in [0, 0.1) is 28.1 Å². The predicted molar refractivity (Wildman–Crippen MR) is 88.9 cm³/mol. The number of hydrogen-bond donors (Lipinski definition) is 1. The summed E-state index contributed by atoms with van der Waals surface area (Å²) in [6.45, 7) is 6.47. The van der Waals surface area contributed by atoms with Gasteiger partial charge in [-0.1, -0.05) is 20.8 Å². The number of carbonyl (C=O) groups excluding carboxylic acids is 1. The average Bonchev–Trinajstić information content (AvgIpc) is 2.53. The monoisotopic (exact) mass is 309 g/mol. The van der Waals surface area contributed by atoms with Crippen molar-refractivity contribution < 1.29 is 4.79 Å². The number of nitrogens with one attached hydrogen (secondary N) is 1. The Balaban J connectivity index is 2.28. The molecule has 0 bridgehead atoms. The van der Waals surface area contributed by atoms with Gasteiger partial charge < -0.3 is 4.90 Å². The molecule has 118 valence electrons. The zero-order chi connectivity index (χ0) is 17.0. The van der Waals surface area contributed by atoms with Gasteiger partial charge in [0, 0.05) is 17.6 Å². The average molecular weight is 309 g/mol. The molecule has 6 heteroatoms. The van der Waals surface area contributed by atoms with Gasteiger partial charge >= 0.3 is 0 Å². The van der Waals surface area contributed by atoms with Gasteiger partial charge in [0.05, 0.1) is 5.69 Å². The van der Waals surface area contributed by atoms with Crippen molar-refractivity contribution in [3.63, 3.8) is 0 Å². The Hall–Kier alpha value is -2.86. The molecule has 0 spiro atoms. The fourth-order valence-corrected chi connectivity index (χ4v) is 2.48. The third-order valence-electron chi connectivity index (χ3n) is 3.59. The Morgan fingerprint density at radius 2 is 2.00 bits per heavy atom. The number of hydrogen-bond acceptors (Lipinski definition) is 5. The van der Waals surface area contributed by atoms with Gasteiger partial charge in [-0.25, -0.2) is 0 Å². The molecule has 0 aromatic heterocycles. The highest BCUT2D eigenvalue weighted by Crippen LogP contribution is 2.32. The van der Waals surface area contributed by atoms with Crippen LogP contribution in [0.2, 0.25) is 0 Å². The molecule has 0 aliphatic carbocycles. The van der Waals surface area contributed by atoms with Gasteiger partial charge in [-0.15, -0.1) is 0 Å². The molecule has 1 amide bonds. The Kier molecular flexibility index (Phi) is 4.66. The van der Waals surface area contributed by atoms with E-state index in [2.05, 4.69) is 10.5 Å². The molecule has 23 heavy (non-hydrogen) atoms. The van der Waals surface area contributed by atoms with Crippen molar-refractivity contribution in [3.8, 4) is 12.1 Å². The van der Waals surface area contributed by atoms with E-state index in [-0.39, 0.29) is 11.6 Å². The standard InChI is InChI=1S/C17H19N5O/c1-17(2,3)16(23)22-8-4-5-12-9-13(6-7-15(12)22)20-21-14(10-18)11-19/h6-7,9,20H,4-5,8H2,1-3H3. The van der Waals surface area contributed by atoms with Crippen LogP contribution in [0.5, 0.6) is 0 Å². The summed E-state index contributed by atoms with van der Waals surface area (Å²) in [7, 11) is 0. The third-order valence-corrected chi connectivity index (χ3v) is 3.59. The quantitative estimate of drug-likeness (QED) is 0.671. The number of nitrogens with zero attached hydrogens (tertiary/aromatic N) is 4. The summed E-state index contributed by atoms with van der Waals surface area (Å²) in [5.74, 6) is 0.105. The van der Waals surface area contributed by atoms with Crippen molar-refractivity contribution in [1.82, 2.24) is 0 Å². The summed E-state index contributed by atoms with van der Waals surface area (Å²) in [4.78, 5) is 14.4. The van der Waals surface area contributed by atoms with Crippen LogP contribution >= 0.6 is 0 Å². The van der Waals surface area contributed by atoms with Gasteiger partial charge in [-0.05, 0) is 36.6 Å². The second-order valence-corrected chi connectivity index (χ2v) is 6.45. The SMILES string of the molecule is CC(C)(C)C(=O)N1CCCc2cc(NN=C(C#N)C#N)ccc21. The summed E-state index contributed by atoms with van der Waals surface area (Å²) in [5, 5.41) is 21.1. The van der Waals surface area contributed by atoms with E-state index in [0.717, 1.165) is 30.6 Å². The van der Waals surface area contributed by atoms with Gasteiger partial charge in [0.2, 0.25) is 11.6 Å². The molecule has 1 N–H and O–H groups in total. The fourth-order valence-electron chi connectivity index (χ4n) is 2.48. The van der Waals surface area contributed by atoms with E-state index in [0.29, 0.717) is 5.69 Å². The summed E-state index contributed by atoms with van der Waals surface area (Å²) >= 11 is 0. The smallest absolute Gasteiger partial charge is 0.237 e. The topological polar surface area (TPSA) is 92.3 Å². The number of hydrazone groups is 1. The van der Waals surface area contributed by atoms with Crippen LogP contribution in [0.4, 0.5) is 11.4 Å². The van der Waals surface area contributed by atoms with Gasteiger partial charge in [0.25, 0.3) is 0 Å². The normalized spacial score (nSPS) is 13.3. The minimum atomic E-state index is -0.426. The fraction of sp³-hybridized carbons (Fsp3) is 0.412. The van der Waals surface area contributed by atoms with Crippen molar-refractivity contribution >= 4 is 23.0 Å². The third kappa shape index (κ3) is 3.67. The minimum Gasteiger partial charge on any atom is -0.312 e. The summed E-state index contributed by atoms with van der Waals surface area (Å²) in [6, 6.07) is 8.98. The molecular formula is C17H19N5O. The van der Waals surface area contributed by atoms with Crippen molar-refractivity contribution in [2.45, 2.75) is 33.6 Å².